The molecule has 0 atom stereocenters. The summed E-state index contributed by atoms with van der Waals surface area (Å²) in [6, 6.07) is 6.02. The van der Waals surface area contributed by atoms with Crippen LogP contribution in [0.2, 0.25) is 0 Å². The van der Waals surface area contributed by atoms with E-state index in [0.29, 0.717) is 0 Å². The highest BCUT2D eigenvalue weighted by atomic mass is 32.2. The Labute approximate surface area is 113 Å². The highest BCUT2D eigenvalue weighted by Crippen LogP contribution is 2.28. The molecular weight excluding hydrogens is 242 g/mol. The van der Waals surface area contributed by atoms with Gasteiger partial charge in [0.05, 0.1) is 0 Å². The van der Waals surface area contributed by atoms with Crippen molar-refractivity contribution in [2.24, 2.45) is 4.99 Å². The predicted octanol–water partition coefficient (Wildman–Crippen LogP) is 2.88. The number of aliphatic imine (C=N–C) groups is 1. The number of amidine groups is 1. The summed E-state index contributed by atoms with van der Waals surface area (Å²) in [5, 5.41) is 4.69. The first-order chi connectivity index (χ1) is 8.78. The molecule has 1 saturated heterocycles. The third-order valence-electron chi connectivity index (χ3n) is 3.56. The Morgan fingerprint density at radius 3 is 2.83 bits per heavy atom. The van der Waals surface area contributed by atoms with E-state index in [9.17, 15) is 0 Å². The molecule has 2 heterocycles. The van der Waals surface area contributed by atoms with E-state index < -0.39 is 0 Å². The van der Waals surface area contributed by atoms with Crippen LogP contribution < -0.4 is 5.32 Å². The average Bonchev–Trinajstić information content (AvgIpc) is 2.84. The standard InChI is InChI=1S/C14H21N3S/c1-3-14(4-2)11-18-13(17-14)16-10-8-12-7-5-6-9-15-12/h5-7,9H,3-4,8,10-11H2,1-2H3,(H,16,17). The first-order valence-electron chi connectivity index (χ1n) is 6.63. The summed E-state index contributed by atoms with van der Waals surface area (Å²) in [5.41, 5.74) is 1.39. The molecule has 18 heavy (non-hydrogen) atoms. The maximum Gasteiger partial charge on any atom is 0.157 e. The van der Waals surface area contributed by atoms with Gasteiger partial charge in [-0.05, 0) is 25.0 Å². The van der Waals surface area contributed by atoms with Gasteiger partial charge in [-0.3, -0.25) is 9.98 Å². The van der Waals surface area contributed by atoms with E-state index in [0.717, 1.165) is 42.4 Å². The molecule has 0 saturated carbocycles. The van der Waals surface area contributed by atoms with Crippen LogP contribution in [0.25, 0.3) is 0 Å². The van der Waals surface area contributed by atoms with Crippen molar-refractivity contribution < 1.29 is 0 Å². The van der Waals surface area contributed by atoms with Crippen LogP contribution in [0.3, 0.4) is 0 Å². The molecule has 0 radical (unpaired) electrons. The number of thioether (sulfide) groups is 1. The molecule has 98 valence electrons. The molecule has 0 aliphatic carbocycles. The topological polar surface area (TPSA) is 37.3 Å². The minimum Gasteiger partial charge on any atom is -0.359 e. The van der Waals surface area contributed by atoms with Crippen LogP contribution in [0.5, 0.6) is 0 Å². The monoisotopic (exact) mass is 263 g/mol. The first-order valence-corrected chi connectivity index (χ1v) is 7.62. The molecule has 0 bridgehead atoms. The van der Waals surface area contributed by atoms with Crippen LogP contribution in [-0.4, -0.2) is 28.0 Å². The van der Waals surface area contributed by atoms with Crippen LogP contribution in [0.1, 0.15) is 32.4 Å². The lowest BCUT2D eigenvalue weighted by molar-refractivity contribution is 0.407. The number of hydrogen-bond acceptors (Lipinski definition) is 3. The Bertz CT molecular complexity index is 399. The predicted molar refractivity (Wildman–Crippen MR) is 79.1 cm³/mol. The van der Waals surface area contributed by atoms with Gasteiger partial charge in [-0.2, -0.15) is 0 Å². The van der Waals surface area contributed by atoms with E-state index in [1.54, 1.807) is 0 Å². The molecule has 1 aromatic rings. The van der Waals surface area contributed by atoms with Gasteiger partial charge < -0.3 is 5.32 Å². The second-order valence-corrected chi connectivity index (χ2v) is 5.62. The second kappa shape index (κ2) is 6.23. The minimum atomic E-state index is 0.272. The molecule has 0 unspecified atom stereocenters. The number of aromatic nitrogens is 1. The van der Waals surface area contributed by atoms with Gasteiger partial charge in [0.25, 0.3) is 0 Å². The molecule has 4 heteroatoms. The smallest absolute Gasteiger partial charge is 0.157 e. The second-order valence-electron chi connectivity index (χ2n) is 4.66. The molecule has 0 aromatic carbocycles. The zero-order valence-electron chi connectivity index (χ0n) is 11.1. The lowest BCUT2D eigenvalue weighted by atomic mass is 9.96. The summed E-state index contributed by atoms with van der Waals surface area (Å²) in [6.45, 7) is 5.30. The third-order valence-corrected chi connectivity index (χ3v) is 4.76. The Kier molecular flexibility index (Phi) is 4.64. The highest BCUT2D eigenvalue weighted by Gasteiger charge is 2.33. The summed E-state index contributed by atoms with van der Waals surface area (Å²) in [5.74, 6) is 1.14. The van der Waals surface area contributed by atoms with Crippen molar-refractivity contribution in [1.82, 2.24) is 10.3 Å². The van der Waals surface area contributed by atoms with E-state index in [-0.39, 0.29) is 5.54 Å². The zero-order chi connectivity index (χ0) is 12.8. The number of rotatable bonds is 5. The highest BCUT2D eigenvalue weighted by molar-refractivity contribution is 8.14. The molecule has 3 nitrogen and oxygen atoms in total. The maximum atomic E-state index is 4.64. The normalized spacial score (nSPS) is 20.0. The Morgan fingerprint density at radius 2 is 2.22 bits per heavy atom. The molecule has 1 aliphatic heterocycles. The Morgan fingerprint density at radius 1 is 1.39 bits per heavy atom. The SMILES string of the molecule is CCC1(CC)CSC(=NCCc2ccccn2)N1. The number of hydrogen-bond donors (Lipinski definition) is 1. The van der Waals surface area contributed by atoms with Gasteiger partial charge in [-0.1, -0.05) is 31.7 Å². The van der Waals surface area contributed by atoms with Gasteiger partial charge >= 0.3 is 0 Å². The summed E-state index contributed by atoms with van der Waals surface area (Å²) in [7, 11) is 0. The van der Waals surface area contributed by atoms with Crippen molar-refractivity contribution in [3.05, 3.63) is 30.1 Å². The van der Waals surface area contributed by atoms with Crippen molar-refractivity contribution in [1.29, 1.82) is 0 Å². The molecule has 1 aromatic heterocycles. The van der Waals surface area contributed by atoms with Crippen molar-refractivity contribution in [3.63, 3.8) is 0 Å². The summed E-state index contributed by atoms with van der Waals surface area (Å²) in [6.07, 6.45) is 5.08. The Hall–Kier alpha value is -1.03. The van der Waals surface area contributed by atoms with Gasteiger partial charge in [0.1, 0.15) is 0 Å². The van der Waals surface area contributed by atoms with Crippen LogP contribution in [0.4, 0.5) is 0 Å². The molecule has 1 fully saturated rings. The van der Waals surface area contributed by atoms with Crippen molar-refractivity contribution in [2.75, 3.05) is 12.3 Å². The summed E-state index contributed by atoms with van der Waals surface area (Å²) >= 11 is 1.85. The maximum absolute atomic E-state index is 4.64. The third kappa shape index (κ3) is 3.25. The van der Waals surface area contributed by atoms with Crippen LogP contribution >= 0.6 is 11.8 Å². The van der Waals surface area contributed by atoms with Gasteiger partial charge in [-0.15, -0.1) is 0 Å². The lowest BCUT2D eigenvalue weighted by Gasteiger charge is -2.25. The van der Waals surface area contributed by atoms with Gasteiger partial charge in [0.15, 0.2) is 5.17 Å². The fourth-order valence-electron chi connectivity index (χ4n) is 2.04. The molecule has 0 spiro atoms. The quantitative estimate of drug-likeness (QED) is 0.887. The summed E-state index contributed by atoms with van der Waals surface area (Å²) < 4.78 is 0. The van der Waals surface area contributed by atoms with Crippen LogP contribution in [0, 0.1) is 0 Å². The van der Waals surface area contributed by atoms with Gasteiger partial charge in [-0.25, -0.2) is 0 Å². The molecule has 1 N–H and O–H groups in total. The van der Waals surface area contributed by atoms with E-state index in [4.69, 9.17) is 0 Å². The van der Waals surface area contributed by atoms with E-state index in [1.165, 1.54) is 0 Å². The molecule has 1 aliphatic rings. The van der Waals surface area contributed by atoms with E-state index in [2.05, 4.69) is 35.2 Å². The minimum absolute atomic E-state index is 0.272. The van der Waals surface area contributed by atoms with Crippen LogP contribution in [0.15, 0.2) is 29.4 Å². The van der Waals surface area contributed by atoms with Gasteiger partial charge in [0, 0.05) is 36.1 Å². The fourth-order valence-corrected chi connectivity index (χ4v) is 3.40. The Balaban J connectivity index is 1.85. The first kappa shape index (κ1) is 13.4. The number of nitrogens with zero attached hydrogens (tertiary/aromatic N) is 2. The number of nitrogens with one attached hydrogen (secondary N) is 1. The van der Waals surface area contributed by atoms with Crippen molar-refractivity contribution in [2.45, 2.75) is 38.6 Å². The largest absolute Gasteiger partial charge is 0.359 e. The van der Waals surface area contributed by atoms with Crippen molar-refractivity contribution >= 4 is 16.9 Å². The fraction of sp³-hybridized carbons (Fsp3) is 0.571. The lowest BCUT2D eigenvalue weighted by Crippen LogP contribution is -2.42. The van der Waals surface area contributed by atoms with Crippen LogP contribution in [-0.2, 0) is 6.42 Å². The average molecular weight is 263 g/mol. The zero-order valence-corrected chi connectivity index (χ0v) is 12.0. The van der Waals surface area contributed by atoms with E-state index >= 15 is 0 Å². The molecular formula is C14H21N3S. The summed E-state index contributed by atoms with van der Waals surface area (Å²) in [4.78, 5) is 8.95. The van der Waals surface area contributed by atoms with E-state index in [1.807, 2.05) is 30.1 Å². The van der Waals surface area contributed by atoms with Gasteiger partial charge in [0.2, 0.25) is 0 Å². The molecule has 2 rings (SSSR count). The number of pyridine rings is 1. The molecule has 0 amide bonds. The van der Waals surface area contributed by atoms with Crippen molar-refractivity contribution in [3.8, 4) is 0 Å².